The van der Waals surface area contributed by atoms with Gasteiger partial charge in [-0.15, -0.1) is 0 Å². The Morgan fingerprint density at radius 2 is 1.00 bits per heavy atom. The van der Waals surface area contributed by atoms with E-state index in [-0.39, 0.29) is 0 Å². The van der Waals surface area contributed by atoms with E-state index in [1.807, 2.05) is 13.3 Å². The summed E-state index contributed by atoms with van der Waals surface area (Å²) in [6, 6.07) is 0. The van der Waals surface area contributed by atoms with Gasteiger partial charge in [-0.1, -0.05) is 0 Å². The summed E-state index contributed by atoms with van der Waals surface area (Å²) in [7, 11) is -3.80. The Labute approximate surface area is 83.6 Å². The summed E-state index contributed by atoms with van der Waals surface area (Å²) >= 11 is 0. The molecule has 0 radical (unpaired) electrons. The first kappa shape index (κ1) is 7.69. The van der Waals surface area contributed by atoms with Gasteiger partial charge in [-0.3, -0.25) is 0 Å². The summed E-state index contributed by atoms with van der Waals surface area (Å²) in [6.45, 7) is 4.04. The molecule has 4 heteroatoms. The summed E-state index contributed by atoms with van der Waals surface area (Å²) in [4.78, 5) is 0. The van der Waals surface area contributed by atoms with Crippen LogP contribution in [-0.2, 0) is 9.13 Å². The van der Waals surface area contributed by atoms with Crippen LogP contribution in [0.3, 0.4) is 0 Å². The number of hydrogen-bond acceptors (Lipinski definition) is 2. The molecule has 2 aliphatic carbocycles. The zero-order valence-electron chi connectivity index (χ0n) is 8.33. The van der Waals surface area contributed by atoms with Crippen LogP contribution in [0.2, 0.25) is 0 Å². The minimum Gasteiger partial charge on any atom is -0.323 e. The molecule has 0 N–H and O–H groups in total. The number of hydrogen-bond donors (Lipinski definition) is 0. The van der Waals surface area contributed by atoms with Gasteiger partial charge in [-0.25, -0.2) is 0 Å². The van der Waals surface area contributed by atoms with Crippen LogP contribution in [0.25, 0.3) is 0 Å². The molecule has 76 valence electrons. The summed E-state index contributed by atoms with van der Waals surface area (Å²) < 4.78 is 25.2. The van der Waals surface area contributed by atoms with Crippen molar-refractivity contribution in [1.29, 1.82) is 0 Å². The fourth-order valence-corrected chi connectivity index (χ4v) is 17.2. The van der Waals surface area contributed by atoms with E-state index in [1.165, 1.54) is 0 Å². The van der Waals surface area contributed by atoms with Gasteiger partial charge in [0.2, 0.25) is 0 Å². The predicted molar refractivity (Wildman–Crippen MR) is 56.2 cm³/mol. The maximum atomic E-state index is 12.6. The minimum atomic E-state index is -1.90. The molecule has 0 aromatic rings. The second-order valence-electron chi connectivity index (χ2n) is 6.39. The van der Waals surface area contributed by atoms with Gasteiger partial charge in [0.1, 0.15) is 0 Å². The second kappa shape index (κ2) is 1.57. The molecular formula is C10H14O2P2. The number of rotatable bonds is 0. The fraction of sp³-hybridized carbons (Fsp3) is 1.00. The molecule has 6 aliphatic rings. The van der Waals surface area contributed by atoms with Crippen molar-refractivity contribution in [2.24, 2.45) is 23.7 Å². The van der Waals surface area contributed by atoms with Gasteiger partial charge in [0.05, 0.1) is 14.3 Å². The lowest BCUT2D eigenvalue weighted by Crippen LogP contribution is -2.67. The van der Waals surface area contributed by atoms with E-state index in [1.54, 1.807) is 0 Å². The molecule has 6 rings (SSSR count). The van der Waals surface area contributed by atoms with Gasteiger partial charge in [-0.05, 0) is 37.0 Å². The van der Waals surface area contributed by atoms with E-state index in [2.05, 4.69) is 0 Å². The Balaban J connectivity index is 1.90. The second-order valence-corrected chi connectivity index (χ2v) is 13.0. The van der Waals surface area contributed by atoms with Crippen LogP contribution in [-0.4, -0.2) is 36.0 Å². The average molecular weight is 228 g/mol. The van der Waals surface area contributed by atoms with Crippen molar-refractivity contribution in [2.75, 3.05) is 13.3 Å². The maximum Gasteiger partial charge on any atom is 0.0923 e. The molecule has 4 heterocycles. The van der Waals surface area contributed by atoms with Crippen molar-refractivity contribution in [3.8, 4) is 0 Å². The van der Waals surface area contributed by atoms with Crippen molar-refractivity contribution in [2.45, 2.75) is 22.6 Å². The molecular weight excluding hydrogens is 214 g/mol. The van der Waals surface area contributed by atoms with Crippen molar-refractivity contribution >= 4 is 14.3 Å². The fourth-order valence-electron chi connectivity index (χ4n) is 6.47. The van der Waals surface area contributed by atoms with Gasteiger partial charge < -0.3 is 9.13 Å². The monoisotopic (exact) mass is 228 g/mol. The molecule has 10 unspecified atom stereocenters. The van der Waals surface area contributed by atoms with Crippen LogP contribution in [0, 0.1) is 23.7 Å². The van der Waals surface area contributed by atoms with E-state index >= 15 is 0 Å². The Morgan fingerprint density at radius 1 is 0.643 bits per heavy atom. The first-order valence-electron chi connectivity index (χ1n) is 5.63. The third-order valence-corrected chi connectivity index (χ3v) is 14.1. The largest absolute Gasteiger partial charge is 0.323 e. The van der Waals surface area contributed by atoms with E-state index in [4.69, 9.17) is 0 Å². The quantitative estimate of drug-likeness (QED) is 0.594. The molecule has 4 bridgehead atoms. The van der Waals surface area contributed by atoms with Gasteiger partial charge in [-0.2, -0.15) is 0 Å². The first-order chi connectivity index (χ1) is 6.49. The van der Waals surface area contributed by atoms with Crippen molar-refractivity contribution < 1.29 is 9.13 Å². The molecule has 6 fully saturated rings. The molecule has 0 amide bonds. The van der Waals surface area contributed by atoms with E-state index in [0.29, 0.717) is 34.5 Å². The molecule has 2 nitrogen and oxygen atoms in total. The Hall–Kier alpha value is 0.460. The Bertz CT molecular complexity index is 441. The summed E-state index contributed by atoms with van der Waals surface area (Å²) in [5, 5.41) is 0. The normalized spacial score (nSPS) is 89.9. The third-order valence-electron chi connectivity index (χ3n) is 6.42. The highest BCUT2D eigenvalue weighted by atomic mass is 31.2. The zero-order chi connectivity index (χ0) is 9.62. The Morgan fingerprint density at radius 3 is 1.29 bits per heavy atom. The lowest BCUT2D eigenvalue weighted by Gasteiger charge is -2.61. The molecule has 4 saturated heterocycles. The molecule has 0 spiro atoms. The van der Waals surface area contributed by atoms with Gasteiger partial charge in [0, 0.05) is 22.6 Å². The predicted octanol–water partition coefficient (Wildman–Crippen LogP) is 1.98. The van der Waals surface area contributed by atoms with Crippen molar-refractivity contribution in [3.63, 3.8) is 0 Å². The lowest BCUT2D eigenvalue weighted by atomic mass is 9.42. The average Bonchev–Trinajstić information content (AvgIpc) is 2.40. The van der Waals surface area contributed by atoms with E-state index in [0.717, 1.165) is 11.8 Å². The SMILES string of the molecule is CP1(=O)C2C3C4C2C2C1C3C4P2(C)=O. The minimum absolute atomic E-state index is 0.424. The maximum absolute atomic E-state index is 12.6. The highest BCUT2D eigenvalue weighted by Crippen LogP contribution is 3.01. The summed E-state index contributed by atoms with van der Waals surface area (Å²) in [6.07, 6.45) is 0. The zero-order valence-corrected chi connectivity index (χ0v) is 10.1. The summed E-state index contributed by atoms with van der Waals surface area (Å²) in [5.74, 6) is 2.87. The van der Waals surface area contributed by atoms with Crippen molar-refractivity contribution in [1.82, 2.24) is 0 Å². The molecule has 4 aliphatic heterocycles. The molecule has 0 aromatic carbocycles. The molecule has 10 atom stereocenters. The first-order valence-corrected chi connectivity index (χ1v) is 10.2. The van der Waals surface area contributed by atoms with Gasteiger partial charge in [0.15, 0.2) is 0 Å². The highest BCUT2D eigenvalue weighted by Gasteiger charge is 2.94. The highest BCUT2D eigenvalue weighted by molar-refractivity contribution is 7.72. The van der Waals surface area contributed by atoms with Crippen LogP contribution in [0.15, 0.2) is 0 Å². The molecule has 14 heavy (non-hydrogen) atoms. The van der Waals surface area contributed by atoms with E-state index in [9.17, 15) is 9.13 Å². The standard InChI is InChI=1S/C10H14O2P2/c1-13(11)7-3-4-5(7)10-9(13)6(3)8(4)14(10,2)12/h3-10H,1-2H3. The van der Waals surface area contributed by atoms with Crippen LogP contribution in [0.4, 0.5) is 0 Å². The van der Waals surface area contributed by atoms with Crippen molar-refractivity contribution in [3.05, 3.63) is 0 Å². The lowest BCUT2D eigenvalue weighted by molar-refractivity contribution is -0.0763. The third kappa shape index (κ3) is 0.394. The van der Waals surface area contributed by atoms with Crippen LogP contribution >= 0.6 is 14.3 Å². The summed E-state index contributed by atoms with van der Waals surface area (Å²) in [5.41, 5.74) is 1.93. The van der Waals surface area contributed by atoms with Gasteiger partial charge in [0.25, 0.3) is 0 Å². The van der Waals surface area contributed by atoms with Crippen LogP contribution < -0.4 is 0 Å². The van der Waals surface area contributed by atoms with Crippen LogP contribution in [0.1, 0.15) is 0 Å². The molecule has 2 saturated carbocycles. The Kier molecular flexibility index (Phi) is 0.863. The van der Waals surface area contributed by atoms with E-state index < -0.39 is 14.3 Å². The topological polar surface area (TPSA) is 34.1 Å². The smallest absolute Gasteiger partial charge is 0.0923 e. The van der Waals surface area contributed by atoms with Gasteiger partial charge >= 0.3 is 0 Å². The van der Waals surface area contributed by atoms with Crippen LogP contribution in [0.5, 0.6) is 0 Å². The molecule has 0 aromatic heterocycles.